The summed E-state index contributed by atoms with van der Waals surface area (Å²) in [5.41, 5.74) is 0.312. The molecule has 98 valence electrons. The predicted molar refractivity (Wildman–Crippen MR) is 68.4 cm³/mol. The summed E-state index contributed by atoms with van der Waals surface area (Å²) in [6, 6.07) is 7.85. The quantitative estimate of drug-likeness (QED) is 0.905. The minimum absolute atomic E-state index is 0.0978. The smallest absolute Gasteiger partial charge is 0.243 e. The number of nitrogens with zero attached hydrogens (tertiary/aromatic N) is 3. The van der Waals surface area contributed by atoms with E-state index in [0.29, 0.717) is 11.4 Å². The first-order chi connectivity index (χ1) is 9.04. The van der Waals surface area contributed by atoms with E-state index < -0.39 is 10.0 Å². The number of sulfonamides is 1. The van der Waals surface area contributed by atoms with Crippen LogP contribution < -0.4 is 0 Å². The number of aromatic amines is 1. The second-order valence-corrected chi connectivity index (χ2v) is 5.98. The van der Waals surface area contributed by atoms with Crippen molar-refractivity contribution < 1.29 is 8.42 Å². The molecule has 0 radical (unpaired) electrons. The Balaban J connectivity index is 2.28. The molecule has 0 fully saturated rings. The number of nitrogens with one attached hydrogen (secondary N) is 1. The van der Waals surface area contributed by atoms with Crippen LogP contribution in [-0.4, -0.2) is 29.7 Å². The summed E-state index contributed by atoms with van der Waals surface area (Å²) < 4.78 is 25.8. The van der Waals surface area contributed by atoms with Crippen LogP contribution >= 0.6 is 0 Å². The van der Waals surface area contributed by atoms with Crippen molar-refractivity contribution >= 4 is 10.0 Å². The van der Waals surface area contributed by atoms with Gasteiger partial charge in [-0.05, 0) is 18.2 Å². The van der Waals surface area contributed by atoms with E-state index in [4.69, 9.17) is 5.26 Å². The van der Waals surface area contributed by atoms with E-state index in [1.54, 1.807) is 24.5 Å². The van der Waals surface area contributed by atoms with Gasteiger partial charge in [-0.1, -0.05) is 6.07 Å². The van der Waals surface area contributed by atoms with Crippen molar-refractivity contribution in [2.45, 2.75) is 11.4 Å². The lowest BCUT2D eigenvalue weighted by Crippen LogP contribution is -2.27. The Hall–Kier alpha value is -2.17. The third-order valence-corrected chi connectivity index (χ3v) is 4.40. The number of hydrogen-bond donors (Lipinski definition) is 1. The van der Waals surface area contributed by atoms with Gasteiger partial charge in [-0.25, -0.2) is 13.4 Å². The molecule has 7 heteroatoms. The van der Waals surface area contributed by atoms with E-state index in [9.17, 15) is 8.42 Å². The van der Waals surface area contributed by atoms with Crippen molar-refractivity contribution in [1.82, 2.24) is 14.3 Å². The maximum absolute atomic E-state index is 12.3. The average Bonchev–Trinajstić information content (AvgIpc) is 2.91. The van der Waals surface area contributed by atoms with Crippen LogP contribution in [0.25, 0.3) is 0 Å². The van der Waals surface area contributed by atoms with Crippen LogP contribution in [0.3, 0.4) is 0 Å². The Labute approximate surface area is 111 Å². The van der Waals surface area contributed by atoms with Crippen molar-refractivity contribution in [3.8, 4) is 6.07 Å². The predicted octanol–water partition coefficient (Wildman–Crippen LogP) is 1.10. The van der Waals surface area contributed by atoms with Crippen molar-refractivity contribution in [2.24, 2.45) is 0 Å². The summed E-state index contributed by atoms with van der Waals surface area (Å²) in [5.74, 6) is 0.558. The molecule has 1 aromatic heterocycles. The number of rotatable bonds is 4. The summed E-state index contributed by atoms with van der Waals surface area (Å²) in [7, 11) is -2.16. The highest BCUT2D eigenvalue weighted by Crippen LogP contribution is 2.16. The fraction of sp³-hybridized carbons (Fsp3) is 0.167. The Bertz CT molecular complexity index is 702. The third-order valence-electron chi connectivity index (χ3n) is 2.60. The van der Waals surface area contributed by atoms with E-state index >= 15 is 0 Å². The highest BCUT2D eigenvalue weighted by Gasteiger charge is 2.21. The van der Waals surface area contributed by atoms with Gasteiger partial charge in [0, 0.05) is 19.4 Å². The first-order valence-electron chi connectivity index (χ1n) is 5.49. The monoisotopic (exact) mass is 276 g/mol. The maximum atomic E-state index is 12.3. The number of hydrogen-bond acceptors (Lipinski definition) is 4. The summed E-state index contributed by atoms with van der Waals surface area (Å²) in [5, 5.41) is 8.80. The van der Waals surface area contributed by atoms with Crippen LogP contribution in [0, 0.1) is 11.3 Å². The SMILES string of the molecule is CN(Cc1ncc[nH]1)S(=O)(=O)c1cccc(C#N)c1. The van der Waals surface area contributed by atoms with Gasteiger partial charge in [-0.15, -0.1) is 0 Å². The largest absolute Gasteiger partial charge is 0.347 e. The first-order valence-corrected chi connectivity index (χ1v) is 6.93. The van der Waals surface area contributed by atoms with Crippen LogP contribution in [0.15, 0.2) is 41.6 Å². The molecule has 0 aliphatic rings. The molecule has 0 unspecified atom stereocenters. The van der Waals surface area contributed by atoms with Crippen molar-refractivity contribution in [3.05, 3.63) is 48.0 Å². The van der Waals surface area contributed by atoms with Gasteiger partial charge in [-0.3, -0.25) is 0 Å². The Kier molecular flexibility index (Phi) is 3.64. The lowest BCUT2D eigenvalue weighted by Gasteiger charge is -2.15. The third kappa shape index (κ3) is 2.81. The second kappa shape index (κ2) is 5.22. The molecule has 1 heterocycles. The molecule has 2 rings (SSSR count). The molecule has 1 aromatic carbocycles. The van der Waals surface area contributed by atoms with Gasteiger partial charge in [0.1, 0.15) is 5.82 Å². The van der Waals surface area contributed by atoms with Gasteiger partial charge in [0.15, 0.2) is 0 Å². The normalized spacial score (nSPS) is 11.4. The van der Waals surface area contributed by atoms with Crippen LogP contribution in [0.2, 0.25) is 0 Å². The van der Waals surface area contributed by atoms with Crippen molar-refractivity contribution in [2.75, 3.05) is 7.05 Å². The average molecular weight is 276 g/mol. The standard InChI is InChI=1S/C12H12N4O2S/c1-16(9-12-14-5-6-15-12)19(17,18)11-4-2-3-10(7-11)8-13/h2-7H,9H2,1H3,(H,14,15). The molecular weight excluding hydrogens is 264 g/mol. The summed E-state index contributed by atoms with van der Waals surface area (Å²) >= 11 is 0. The molecule has 0 saturated carbocycles. The Morgan fingerprint density at radius 3 is 2.89 bits per heavy atom. The van der Waals surface area contributed by atoms with Gasteiger partial charge < -0.3 is 4.98 Å². The summed E-state index contributed by atoms with van der Waals surface area (Å²) in [6.07, 6.45) is 3.19. The topological polar surface area (TPSA) is 89.8 Å². The van der Waals surface area contributed by atoms with Crippen LogP contribution in [0.5, 0.6) is 0 Å². The van der Waals surface area contributed by atoms with E-state index in [0.717, 1.165) is 0 Å². The van der Waals surface area contributed by atoms with Crippen molar-refractivity contribution in [1.29, 1.82) is 5.26 Å². The molecule has 0 aliphatic carbocycles. The molecule has 2 aromatic rings. The Morgan fingerprint density at radius 1 is 1.47 bits per heavy atom. The number of aromatic nitrogens is 2. The first kappa shape index (κ1) is 13.3. The van der Waals surface area contributed by atoms with Gasteiger partial charge in [0.2, 0.25) is 10.0 Å². The number of benzene rings is 1. The molecule has 0 aliphatic heterocycles. The molecular formula is C12H12N4O2S. The zero-order valence-corrected chi connectivity index (χ0v) is 11.1. The summed E-state index contributed by atoms with van der Waals surface area (Å²) in [4.78, 5) is 6.93. The van der Waals surface area contributed by atoms with E-state index in [1.165, 1.54) is 23.5 Å². The molecule has 0 amide bonds. The fourth-order valence-corrected chi connectivity index (χ4v) is 2.76. The van der Waals surface area contributed by atoms with Gasteiger partial charge >= 0.3 is 0 Å². The van der Waals surface area contributed by atoms with E-state index in [2.05, 4.69) is 9.97 Å². The summed E-state index contributed by atoms with van der Waals surface area (Å²) in [6.45, 7) is 0.145. The molecule has 0 saturated heterocycles. The highest BCUT2D eigenvalue weighted by atomic mass is 32.2. The molecule has 0 spiro atoms. The lowest BCUT2D eigenvalue weighted by atomic mass is 10.2. The van der Waals surface area contributed by atoms with E-state index in [-0.39, 0.29) is 11.4 Å². The van der Waals surface area contributed by atoms with Gasteiger partial charge in [-0.2, -0.15) is 9.57 Å². The van der Waals surface area contributed by atoms with Gasteiger partial charge in [0.05, 0.1) is 23.1 Å². The minimum atomic E-state index is -3.63. The number of nitriles is 1. The second-order valence-electron chi connectivity index (χ2n) is 3.94. The van der Waals surface area contributed by atoms with Crippen LogP contribution in [0.1, 0.15) is 11.4 Å². The number of imidazole rings is 1. The molecule has 6 nitrogen and oxygen atoms in total. The lowest BCUT2D eigenvalue weighted by molar-refractivity contribution is 0.458. The molecule has 0 bridgehead atoms. The van der Waals surface area contributed by atoms with Gasteiger partial charge in [0.25, 0.3) is 0 Å². The Morgan fingerprint density at radius 2 is 2.26 bits per heavy atom. The highest BCUT2D eigenvalue weighted by molar-refractivity contribution is 7.89. The zero-order chi connectivity index (χ0) is 13.9. The van der Waals surface area contributed by atoms with E-state index in [1.807, 2.05) is 6.07 Å². The zero-order valence-electron chi connectivity index (χ0n) is 10.2. The molecule has 0 atom stereocenters. The molecule has 1 N–H and O–H groups in total. The van der Waals surface area contributed by atoms with Crippen molar-refractivity contribution in [3.63, 3.8) is 0 Å². The van der Waals surface area contributed by atoms with Crippen LogP contribution in [-0.2, 0) is 16.6 Å². The maximum Gasteiger partial charge on any atom is 0.243 e. The molecule has 19 heavy (non-hydrogen) atoms. The minimum Gasteiger partial charge on any atom is -0.347 e. The fourth-order valence-electron chi connectivity index (χ4n) is 1.59. The van der Waals surface area contributed by atoms with Crippen LogP contribution in [0.4, 0.5) is 0 Å². The number of H-pyrrole nitrogens is 1.